The van der Waals surface area contributed by atoms with Crippen LogP contribution in [0.2, 0.25) is 10.0 Å². The Morgan fingerprint density at radius 1 is 0.846 bits per heavy atom. The molecule has 1 saturated heterocycles. The molecule has 11 heteroatoms. The number of sulfonamides is 1. The lowest BCUT2D eigenvalue weighted by Gasteiger charge is -2.36. The molecule has 1 amide bonds. The summed E-state index contributed by atoms with van der Waals surface area (Å²) in [6.07, 6.45) is 0. The van der Waals surface area contributed by atoms with Gasteiger partial charge in [-0.2, -0.15) is 0 Å². The summed E-state index contributed by atoms with van der Waals surface area (Å²) in [5, 5.41) is 3.06. The van der Waals surface area contributed by atoms with Crippen LogP contribution in [0.3, 0.4) is 0 Å². The third kappa shape index (κ3) is 5.27. The van der Waals surface area contributed by atoms with Crippen molar-refractivity contribution in [3.8, 4) is 0 Å². The van der Waals surface area contributed by atoms with E-state index in [1.54, 1.807) is 42.5 Å². The number of nitrogens with one attached hydrogen (secondary N) is 1. The highest BCUT2D eigenvalue weighted by Crippen LogP contribution is 2.31. The third-order valence-electron chi connectivity index (χ3n) is 6.72. The minimum absolute atomic E-state index is 0.0719. The Labute approximate surface area is 239 Å². The van der Waals surface area contributed by atoms with E-state index >= 15 is 0 Å². The van der Waals surface area contributed by atoms with E-state index in [9.17, 15) is 13.2 Å². The summed E-state index contributed by atoms with van der Waals surface area (Å²) in [5.41, 5.74) is 2.14. The average Bonchev–Trinajstić information content (AvgIpc) is 3.34. The highest BCUT2D eigenvalue weighted by atomic mass is 35.5. The van der Waals surface area contributed by atoms with Crippen molar-refractivity contribution in [1.82, 2.24) is 9.88 Å². The fraction of sp³-hybridized carbons (Fsp3) is 0.143. The number of fused-ring (bicyclic) bond motifs is 2. The molecule has 6 rings (SSSR count). The first-order valence-electron chi connectivity index (χ1n) is 12.2. The van der Waals surface area contributed by atoms with Crippen LogP contribution in [0.5, 0.6) is 0 Å². The van der Waals surface area contributed by atoms with E-state index in [1.807, 2.05) is 41.3 Å². The molecule has 7 nitrogen and oxygen atoms in total. The molecule has 0 bridgehead atoms. The molecule has 1 aliphatic rings. The summed E-state index contributed by atoms with van der Waals surface area (Å²) in [6.45, 7) is 2.48. The molecule has 0 spiro atoms. The van der Waals surface area contributed by atoms with Gasteiger partial charge in [-0.05, 0) is 59.3 Å². The van der Waals surface area contributed by atoms with Gasteiger partial charge in [0.2, 0.25) is 0 Å². The van der Waals surface area contributed by atoms with Crippen LogP contribution in [0.1, 0.15) is 10.4 Å². The van der Waals surface area contributed by atoms with Gasteiger partial charge in [0.15, 0.2) is 5.13 Å². The van der Waals surface area contributed by atoms with Gasteiger partial charge in [-0.1, -0.05) is 64.9 Å². The quantitative estimate of drug-likeness (QED) is 0.250. The van der Waals surface area contributed by atoms with Crippen molar-refractivity contribution in [3.63, 3.8) is 0 Å². The minimum Gasteiger partial charge on any atom is -0.368 e. The molecule has 0 unspecified atom stereocenters. The number of rotatable bonds is 5. The van der Waals surface area contributed by atoms with Crippen molar-refractivity contribution in [2.24, 2.45) is 0 Å². The number of anilines is 2. The molecule has 0 radical (unpaired) electrons. The standard InChI is InChI=1S/C28H22Cl2N4O3S2/c29-23-9-7-21(17-24(23)30)33-11-13-34(14-12-33)27(35)20-6-10-25-26(16-20)38-28(31-25)32-39(36,37)22-8-5-18-3-1-2-4-19(18)15-22/h1-10,15-17H,11-14H2,(H,31,32). The lowest BCUT2D eigenvalue weighted by atomic mass is 10.1. The van der Waals surface area contributed by atoms with Gasteiger partial charge >= 0.3 is 0 Å². The average molecular weight is 598 g/mol. The molecule has 1 aliphatic heterocycles. The molecule has 5 aromatic rings. The van der Waals surface area contributed by atoms with Crippen LogP contribution >= 0.6 is 34.5 Å². The van der Waals surface area contributed by atoms with Crippen LogP contribution in [0.4, 0.5) is 10.8 Å². The number of carbonyl (C=O) groups excluding carboxylic acids is 1. The van der Waals surface area contributed by atoms with Crippen LogP contribution in [-0.2, 0) is 10.0 Å². The Morgan fingerprint density at radius 2 is 1.62 bits per heavy atom. The van der Waals surface area contributed by atoms with E-state index in [2.05, 4.69) is 14.6 Å². The van der Waals surface area contributed by atoms with Gasteiger partial charge in [0, 0.05) is 37.4 Å². The number of piperazine rings is 1. The predicted molar refractivity (Wildman–Crippen MR) is 159 cm³/mol. The number of benzene rings is 4. The van der Waals surface area contributed by atoms with E-state index in [4.69, 9.17) is 23.2 Å². The van der Waals surface area contributed by atoms with Crippen molar-refractivity contribution in [1.29, 1.82) is 0 Å². The first kappa shape index (κ1) is 25.9. The number of hydrogen-bond acceptors (Lipinski definition) is 6. The zero-order valence-electron chi connectivity index (χ0n) is 20.5. The second kappa shape index (κ2) is 10.3. The first-order chi connectivity index (χ1) is 18.8. The zero-order chi connectivity index (χ0) is 27.1. The van der Waals surface area contributed by atoms with Gasteiger partial charge in [-0.25, -0.2) is 13.4 Å². The summed E-state index contributed by atoms with van der Waals surface area (Å²) in [6, 6.07) is 23.4. The van der Waals surface area contributed by atoms with Crippen LogP contribution in [0.15, 0.2) is 83.8 Å². The first-order valence-corrected chi connectivity index (χ1v) is 15.2. The van der Waals surface area contributed by atoms with Crippen molar-refractivity contribution >= 4 is 82.3 Å². The number of carbonyl (C=O) groups is 1. The topological polar surface area (TPSA) is 82.6 Å². The minimum atomic E-state index is -3.83. The molecular formula is C28H22Cl2N4O3S2. The van der Waals surface area contributed by atoms with Crippen LogP contribution in [0.25, 0.3) is 21.0 Å². The molecular weight excluding hydrogens is 575 g/mol. The maximum absolute atomic E-state index is 13.3. The van der Waals surface area contributed by atoms with Gasteiger partial charge in [0.25, 0.3) is 15.9 Å². The highest BCUT2D eigenvalue weighted by molar-refractivity contribution is 7.93. The highest BCUT2D eigenvalue weighted by Gasteiger charge is 2.24. The second-order valence-corrected chi connectivity index (χ2v) is 12.7. The molecule has 1 fully saturated rings. The molecule has 2 heterocycles. The molecule has 198 valence electrons. The molecule has 1 aromatic heterocycles. The van der Waals surface area contributed by atoms with E-state index in [0.29, 0.717) is 47.3 Å². The van der Waals surface area contributed by atoms with Crippen molar-refractivity contribution in [3.05, 3.63) is 94.5 Å². The zero-order valence-corrected chi connectivity index (χ0v) is 23.6. The molecule has 0 saturated carbocycles. The second-order valence-electron chi connectivity index (χ2n) is 9.19. The van der Waals surface area contributed by atoms with Crippen molar-refractivity contribution in [2.75, 3.05) is 35.8 Å². The van der Waals surface area contributed by atoms with Crippen molar-refractivity contribution in [2.45, 2.75) is 4.90 Å². The smallest absolute Gasteiger partial charge is 0.263 e. The van der Waals surface area contributed by atoms with Gasteiger partial charge in [0.1, 0.15) is 0 Å². The monoisotopic (exact) mass is 596 g/mol. The fourth-order valence-corrected chi connectivity index (χ4v) is 7.11. The van der Waals surface area contributed by atoms with Crippen LogP contribution in [-0.4, -0.2) is 50.4 Å². The van der Waals surface area contributed by atoms with E-state index in [0.717, 1.165) is 21.2 Å². The molecule has 0 atom stereocenters. The number of halogens is 2. The van der Waals surface area contributed by atoms with Gasteiger partial charge < -0.3 is 9.80 Å². The maximum atomic E-state index is 13.3. The van der Waals surface area contributed by atoms with E-state index in [1.165, 1.54) is 11.3 Å². The van der Waals surface area contributed by atoms with E-state index in [-0.39, 0.29) is 15.9 Å². The largest absolute Gasteiger partial charge is 0.368 e. The third-order valence-corrected chi connectivity index (χ3v) is 9.86. The lowest BCUT2D eigenvalue weighted by molar-refractivity contribution is 0.0747. The Hall–Kier alpha value is -3.37. The maximum Gasteiger partial charge on any atom is 0.263 e. The summed E-state index contributed by atoms with van der Waals surface area (Å²) in [5.74, 6) is -0.0719. The number of thiazole rings is 1. The summed E-state index contributed by atoms with van der Waals surface area (Å²) in [4.78, 5) is 21.8. The Bertz CT molecular complexity index is 1830. The Balaban J connectivity index is 1.16. The Kier molecular flexibility index (Phi) is 6.84. The fourth-order valence-electron chi connectivity index (χ4n) is 4.64. The van der Waals surface area contributed by atoms with Crippen LogP contribution in [0, 0.1) is 0 Å². The number of amides is 1. The molecule has 39 heavy (non-hydrogen) atoms. The Morgan fingerprint density at radius 3 is 2.38 bits per heavy atom. The van der Waals surface area contributed by atoms with Gasteiger partial charge in [0.05, 0.1) is 25.2 Å². The number of hydrogen-bond donors (Lipinski definition) is 1. The summed E-state index contributed by atoms with van der Waals surface area (Å²) >= 11 is 13.4. The number of nitrogens with zero attached hydrogens (tertiary/aromatic N) is 3. The summed E-state index contributed by atoms with van der Waals surface area (Å²) < 4.78 is 29.4. The van der Waals surface area contributed by atoms with Gasteiger partial charge in [-0.3, -0.25) is 9.52 Å². The normalized spacial score (nSPS) is 14.2. The number of aromatic nitrogens is 1. The van der Waals surface area contributed by atoms with E-state index < -0.39 is 10.0 Å². The summed E-state index contributed by atoms with van der Waals surface area (Å²) in [7, 11) is -3.83. The van der Waals surface area contributed by atoms with Crippen molar-refractivity contribution < 1.29 is 13.2 Å². The van der Waals surface area contributed by atoms with Crippen LogP contribution < -0.4 is 9.62 Å². The molecule has 1 N–H and O–H groups in total. The molecule has 4 aromatic carbocycles. The lowest BCUT2D eigenvalue weighted by Crippen LogP contribution is -2.48. The predicted octanol–water partition coefficient (Wildman–Crippen LogP) is 6.52. The van der Waals surface area contributed by atoms with Gasteiger partial charge in [-0.15, -0.1) is 0 Å². The SMILES string of the molecule is O=C(c1ccc2nc(NS(=O)(=O)c3ccc4ccccc4c3)sc2c1)N1CCN(c2ccc(Cl)c(Cl)c2)CC1. The molecule has 0 aliphatic carbocycles.